The Morgan fingerprint density at radius 2 is 1.79 bits per heavy atom. The number of rotatable bonds is 6. The second-order valence-corrected chi connectivity index (χ2v) is 8.96. The summed E-state index contributed by atoms with van der Waals surface area (Å²) in [5, 5.41) is 5.95. The third-order valence-corrected chi connectivity index (χ3v) is 5.63. The first-order valence-corrected chi connectivity index (χ1v) is 11.6. The first-order chi connectivity index (χ1) is 16.4. The van der Waals surface area contributed by atoms with Crippen LogP contribution in [-0.2, 0) is 11.2 Å². The fourth-order valence-corrected chi connectivity index (χ4v) is 3.74. The molecule has 0 saturated heterocycles. The fraction of sp³-hybridized carbons (Fsp3) is 0.179. The number of aryl methyl sites for hydroxylation is 1. The molecule has 3 aromatic carbocycles. The molecule has 0 bridgehead atoms. The Kier molecular flexibility index (Phi) is 7.18. The first kappa shape index (κ1) is 23.4. The van der Waals surface area contributed by atoms with Crippen LogP contribution < -0.4 is 10.6 Å². The third-order valence-electron chi connectivity index (χ3n) is 5.42. The second kappa shape index (κ2) is 10.4. The monoisotopic (exact) mass is 469 g/mol. The van der Waals surface area contributed by atoms with Gasteiger partial charge in [0.05, 0.1) is 0 Å². The third kappa shape index (κ3) is 6.17. The number of hydrogen-bond acceptors (Lipinski definition) is 4. The lowest BCUT2D eigenvalue weighted by Gasteiger charge is -2.09. The minimum atomic E-state index is -0.284. The molecule has 172 valence electrons. The number of carbonyl (C=O) groups excluding carboxylic acids is 1. The van der Waals surface area contributed by atoms with Crippen molar-refractivity contribution in [1.82, 2.24) is 10.3 Å². The van der Waals surface area contributed by atoms with E-state index in [1.807, 2.05) is 61.5 Å². The number of aromatic nitrogens is 1. The number of carbonyl (C=O) groups is 1. The van der Waals surface area contributed by atoms with Crippen LogP contribution in [0.1, 0.15) is 47.9 Å². The molecule has 0 unspecified atom stereocenters. The van der Waals surface area contributed by atoms with Crippen LogP contribution in [0, 0.1) is 6.92 Å². The maximum absolute atomic E-state index is 12.2. The minimum absolute atomic E-state index is 0.242. The van der Waals surface area contributed by atoms with Crippen LogP contribution in [0.4, 0.5) is 5.69 Å². The van der Waals surface area contributed by atoms with Gasteiger partial charge in [-0.25, -0.2) is 4.98 Å². The van der Waals surface area contributed by atoms with E-state index in [1.54, 1.807) is 6.08 Å². The van der Waals surface area contributed by atoms with Crippen molar-refractivity contribution in [3.63, 3.8) is 0 Å². The number of oxazole rings is 1. The molecule has 6 heteroatoms. The van der Waals surface area contributed by atoms with Crippen LogP contribution in [0.5, 0.6) is 0 Å². The van der Waals surface area contributed by atoms with Crippen molar-refractivity contribution in [2.75, 3.05) is 5.32 Å². The lowest BCUT2D eigenvalue weighted by molar-refractivity contribution is -0.115. The summed E-state index contributed by atoms with van der Waals surface area (Å²) < 4.78 is 5.84. The summed E-state index contributed by atoms with van der Waals surface area (Å²) >= 11 is 5.27. The van der Waals surface area contributed by atoms with Gasteiger partial charge in [-0.1, -0.05) is 56.3 Å². The zero-order valence-corrected chi connectivity index (χ0v) is 20.3. The van der Waals surface area contributed by atoms with Crippen molar-refractivity contribution < 1.29 is 9.21 Å². The smallest absolute Gasteiger partial charge is 0.250 e. The Balaban J connectivity index is 1.29. The van der Waals surface area contributed by atoms with Crippen LogP contribution in [0.15, 0.2) is 77.2 Å². The molecule has 0 spiro atoms. The van der Waals surface area contributed by atoms with Gasteiger partial charge in [0.15, 0.2) is 16.6 Å². The van der Waals surface area contributed by atoms with Crippen LogP contribution in [0.2, 0.25) is 0 Å². The van der Waals surface area contributed by atoms with Crippen LogP contribution in [0.3, 0.4) is 0 Å². The zero-order chi connectivity index (χ0) is 24.1. The molecule has 0 fully saturated rings. The van der Waals surface area contributed by atoms with E-state index in [0.717, 1.165) is 33.5 Å². The SMILES string of the molecule is Cc1ccc2oc(Cc3ccc(NC(=S)NC(=O)/C=C/c4ccc(C(C)C)cc4)cc3)nc2c1. The first-order valence-electron chi connectivity index (χ1n) is 11.2. The maximum Gasteiger partial charge on any atom is 0.250 e. The molecule has 0 atom stereocenters. The fourth-order valence-electron chi connectivity index (χ4n) is 3.52. The van der Waals surface area contributed by atoms with E-state index >= 15 is 0 Å². The lowest BCUT2D eigenvalue weighted by Crippen LogP contribution is -2.32. The van der Waals surface area contributed by atoms with Crippen molar-refractivity contribution >= 4 is 46.1 Å². The molecule has 0 aliphatic heterocycles. The number of benzene rings is 3. The molecule has 4 aromatic rings. The van der Waals surface area contributed by atoms with Crippen molar-refractivity contribution in [1.29, 1.82) is 0 Å². The highest BCUT2D eigenvalue weighted by atomic mass is 32.1. The summed E-state index contributed by atoms with van der Waals surface area (Å²) in [5.41, 5.74) is 6.90. The van der Waals surface area contributed by atoms with Gasteiger partial charge in [-0.05, 0) is 77.7 Å². The molecule has 0 aliphatic rings. The standard InChI is InChI=1S/C28H27N3O2S/c1-18(2)22-10-5-20(6-11-22)9-15-26(32)31-28(34)29-23-12-7-21(8-13-23)17-27-30-24-16-19(3)4-14-25(24)33-27/h4-16,18H,17H2,1-3H3,(H2,29,31,32,34)/b15-9+. The summed E-state index contributed by atoms with van der Waals surface area (Å²) in [6, 6.07) is 21.9. The van der Waals surface area contributed by atoms with Crippen LogP contribution in [-0.4, -0.2) is 16.0 Å². The predicted molar refractivity (Wildman–Crippen MR) is 142 cm³/mol. The number of anilines is 1. The molecule has 0 aliphatic carbocycles. The van der Waals surface area contributed by atoms with E-state index < -0.39 is 0 Å². The molecule has 2 N–H and O–H groups in total. The minimum Gasteiger partial charge on any atom is -0.440 e. The summed E-state index contributed by atoms with van der Waals surface area (Å²) in [6.45, 7) is 6.34. The normalized spacial score (nSPS) is 11.3. The van der Waals surface area contributed by atoms with Gasteiger partial charge in [0.25, 0.3) is 0 Å². The number of hydrogen-bond donors (Lipinski definition) is 2. The van der Waals surface area contributed by atoms with Gasteiger partial charge < -0.3 is 9.73 Å². The average Bonchev–Trinajstić information content (AvgIpc) is 3.20. The summed E-state index contributed by atoms with van der Waals surface area (Å²) in [7, 11) is 0. The maximum atomic E-state index is 12.2. The summed E-state index contributed by atoms with van der Waals surface area (Å²) in [6.07, 6.45) is 3.84. The number of amides is 1. The molecule has 1 aromatic heterocycles. The number of fused-ring (bicyclic) bond motifs is 1. The molecular weight excluding hydrogens is 442 g/mol. The van der Waals surface area contributed by atoms with Gasteiger partial charge in [0, 0.05) is 18.2 Å². The number of nitrogens with zero attached hydrogens (tertiary/aromatic N) is 1. The van der Waals surface area contributed by atoms with Gasteiger partial charge in [-0.3, -0.25) is 10.1 Å². The molecule has 1 amide bonds. The molecule has 34 heavy (non-hydrogen) atoms. The van der Waals surface area contributed by atoms with Gasteiger partial charge in [-0.15, -0.1) is 0 Å². The van der Waals surface area contributed by atoms with Gasteiger partial charge in [0.1, 0.15) is 5.52 Å². The highest BCUT2D eigenvalue weighted by Gasteiger charge is 2.08. The average molecular weight is 470 g/mol. The van der Waals surface area contributed by atoms with Crippen LogP contribution in [0.25, 0.3) is 17.2 Å². The number of thiocarbonyl (C=S) groups is 1. The van der Waals surface area contributed by atoms with Crippen LogP contribution >= 0.6 is 12.2 Å². The van der Waals surface area contributed by atoms with Gasteiger partial charge >= 0.3 is 0 Å². The quantitative estimate of drug-likeness (QED) is 0.253. The molecule has 0 radical (unpaired) electrons. The lowest BCUT2D eigenvalue weighted by atomic mass is 10.0. The van der Waals surface area contributed by atoms with E-state index in [9.17, 15) is 4.79 Å². The largest absolute Gasteiger partial charge is 0.440 e. The van der Waals surface area contributed by atoms with Crippen molar-refractivity contribution in [2.24, 2.45) is 0 Å². The Morgan fingerprint density at radius 3 is 2.50 bits per heavy atom. The number of nitrogens with one attached hydrogen (secondary N) is 2. The summed E-state index contributed by atoms with van der Waals surface area (Å²) in [4.78, 5) is 16.8. The molecule has 4 rings (SSSR count). The van der Waals surface area contributed by atoms with E-state index in [0.29, 0.717) is 18.2 Å². The molecule has 1 heterocycles. The van der Waals surface area contributed by atoms with E-state index in [-0.39, 0.29) is 11.0 Å². The molecule has 5 nitrogen and oxygen atoms in total. The van der Waals surface area contributed by atoms with E-state index in [4.69, 9.17) is 16.6 Å². The highest BCUT2D eigenvalue weighted by Crippen LogP contribution is 2.20. The summed E-state index contributed by atoms with van der Waals surface area (Å²) in [5.74, 6) is 0.869. The van der Waals surface area contributed by atoms with Gasteiger partial charge in [0.2, 0.25) is 5.91 Å². The van der Waals surface area contributed by atoms with Crippen molar-refractivity contribution in [3.8, 4) is 0 Å². The molecular formula is C28H27N3O2S. The Morgan fingerprint density at radius 1 is 1.06 bits per heavy atom. The second-order valence-electron chi connectivity index (χ2n) is 8.55. The van der Waals surface area contributed by atoms with Crippen molar-refractivity contribution in [3.05, 3.63) is 101 Å². The molecule has 0 saturated carbocycles. The van der Waals surface area contributed by atoms with E-state index in [1.165, 1.54) is 11.6 Å². The van der Waals surface area contributed by atoms with Gasteiger partial charge in [-0.2, -0.15) is 0 Å². The van der Waals surface area contributed by atoms with Crippen molar-refractivity contribution in [2.45, 2.75) is 33.1 Å². The Hall–Kier alpha value is -3.77. The zero-order valence-electron chi connectivity index (χ0n) is 19.5. The predicted octanol–water partition coefficient (Wildman–Crippen LogP) is 6.38. The topological polar surface area (TPSA) is 67.2 Å². The Labute approximate surface area is 204 Å². The Bertz CT molecular complexity index is 1340. The highest BCUT2D eigenvalue weighted by molar-refractivity contribution is 7.80. The van der Waals surface area contributed by atoms with E-state index in [2.05, 4.69) is 41.6 Å².